The van der Waals surface area contributed by atoms with E-state index in [0.29, 0.717) is 23.9 Å². The second kappa shape index (κ2) is 6.50. The molecule has 0 radical (unpaired) electrons. The smallest absolute Gasteiger partial charge is 0.166 e. The highest BCUT2D eigenvalue weighted by Gasteiger charge is 2.10. The molecule has 1 aromatic heterocycles. The Balaban J connectivity index is 2.13. The van der Waals surface area contributed by atoms with E-state index in [1.165, 1.54) is 0 Å². The molecule has 0 aliphatic carbocycles. The summed E-state index contributed by atoms with van der Waals surface area (Å²) in [5.41, 5.74) is 6.76. The number of hydrogen-bond donors (Lipinski definition) is 1. The van der Waals surface area contributed by atoms with Gasteiger partial charge in [0.25, 0.3) is 0 Å². The average Bonchev–Trinajstić information content (AvgIpc) is 2.40. The number of nitrogens with zero attached hydrogens (tertiary/aromatic N) is 2. The van der Waals surface area contributed by atoms with Crippen LogP contribution in [0.3, 0.4) is 0 Å². The molecule has 1 unspecified atom stereocenters. The van der Waals surface area contributed by atoms with Crippen molar-refractivity contribution in [2.75, 3.05) is 0 Å². The van der Waals surface area contributed by atoms with E-state index in [4.69, 9.17) is 22.1 Å². The van der Waals surface area contributed by atoms with Gasteiger partial charge in [-0.15, -0.1) is 0 Å². The second-order valence-corrected chi connectivity index (χ2v) is 4.76. The number of halogens is 1. The van der Waals surface area contributed by atoms with Crippen LogP contribution in [0.5, 0.6) is 5.75 Å². The molecule has 0 amide bonds. The van der Waals surface area contributed by atoms with Gasteiger partial charge >= 0.3 is 0 Å². The fourth-order valence-corrected chi connectivity index (χ4v) is 1.98. The Kier molecular flexibility index (Phi) is 4.71. The molecule has 1 atom stereocenters. The lowest BCUT2D eigenvalue weighted by Crippen LogP contribution is -2.18. The molecule has 100 valence electrons. The van der Waals surface area contributed by atoms with Crippen LogP contribution in [0.2, 0.25) is 5.02 Å². The van der Waals surface area contributed by atoms with Crippen molar-refractivity contribution in [2.45, 2.75) is 26.0 Å². The highest BCUT2D eigenvalue weighted by Crippen LogP contribution is 2.28. The fourth-order valence-electron chi connectivity index (χ4n) is 1.74. The van der Waals surface area contributed by atoms with E-state index >= 15 is 0 Å². The Morgan fingerprint density at radius 1 is 1.26 bits per heavy atom. The highest BCUT2D eigenvalue weighted by atomic mass is 35.5. The van der Waals surface area contributed by atoms with Crippen molar-refractivity contribution < 1.29 is 4.74 Å². The van der Waals surface area contributed by atoms with E-state index in [9.17, 15) is 0 Å². The van der Waals surface area contributed by atoms with Crippen molar-refractivity contribution in [1.82, 2.24) is 9.97 Å². The molecule has 2 rings (SSSR count). The lowest BCUT2D eigenvalue weighted by atomic mass is 10.1. The van der Waals surface area contributed by atoms with Gasteiger partial charge in [0.2, 0.25) is 0 Å². The van der Waals surface area contributed by atoms with Crippen LogP contribution in [-0.2, 0) is 13.0 Å². The molecule has 2 N–H and O–H groups in total. The topological polar surface area (TPSA) is 61.0 Å². The summed E-state index contributed by atoms with van der Waals surface area (Å²) >= 11 is 6.19. The molecule has 1 heterocycles. The van der Waals surface area contributed by atoms with E-state index in [1.54, 1.807) is 18.5 Å². The maximum atomic E-state index is 6.19. The van der Waals surface area contributed by atoms with Crippen LogP contribution in [-0.4, -0.2) is 16.0 Å². The molecule has 4 nitrogen and oxygen atoms in total. The normalized spacial score (nSPS) is 12.2. The third-order valence-corrected chi connectivity index (χ3v) is 2.93. The number of hydrogen-bond acceptors (Lipinski definition) is 4. The molecule has 0 spiro atoms. The van der Waals surface area contributed by atoms with Crippen molar-refractivity contribution in [3.63, 3.8) is 0 Å². The van der Waals surface area contributed by atoms with Crippen molar-refractivity contribution >= 4 is 11.6 Å². The van der Waals surface area contributed by atoms with E-state index in [0.717, 1.165) is 11.3 Å². The Morgan fingerprint density at radius 3 is 2.68 bits per heavy atom. The molecular weight excluding hydrogens is 262 g/mol. The summed E-state index contributed by atoms with van der Waals surface area (Å²) < 4.78 is 5.74. The van der Waals surface area contributed by atoms with Gasteiger partial charge in [0.15, 0.2) is 5.82 Å². The van der Waals surface area contributed by atoms with Gasteiger partial charge < -0.3 is 10.5 Å². The number of benzene rings is 1. The number of nitrogens with two attached hydrogens (primary N) is 1. The third-order valence-electron chi connectivity index (χ3n) is 2.58. The summed E-state index contributed by atoms with van der Waals surface area (Å²) in [4.78, 5) is 8.23. The molecule has 0 fully saturated rings. The van der Waals surface area contributed by atoms with Gasteiger partial charge in [0.1, 0.15) is 12.4 Å². The first-order chi connectivity index (χ1) is 9.16. The van der Waals surface area contributed by atoms with Crippen LogP contribution < -0.4 is 10.5 Å². The predicted octanol–water partition coefficient (Wildman–Crippen LogP) is 2.60. The van der Waals surface area contributed by atoms with E-state index in [1.807, 2.05) is 25.1 Å². The van der Waals surface area contributed by atoms with Crippen molar-refractivity contribution in [2.24, 2.45) is 5.73 Å². The van der Waals surface area contributed by atoms with Crippen molar-refractivity contribution in [1.29, 1.82) is 0 Å². The Morgan fingerprint density at radius 2 is 2.00 bits per heavy atom. The maximum absolute atomic E-state index is 6.19. The lowest BCUT2D eigenvalue weighted by Gasteiger charge is -2.14. The van der Waals surface area contributed by atoms with Gasteiger partial charge in [-0.2, -0.15) is 0 Å². The Hall–Kier alpha value is -1.65. The Bertz CT molecular complexity index is 531. The summed E-state index contributed by atoms with van der Waals surface area (Å²) in [5, 5.41) is 0.670. The van der Waals surface area contributed by atoms with Gasteiger partial charge in [-0.1, -0.05) is 17.7 Å². The van der Waals surface area contributed by atoms with E-state index < -0.39 is 0 Å². The van der Waals surface area contributed by atoms with Crippen LogP contribution >= 0.6 is 11.6 Å². The third kappa shape index (κ3) is 3.91. The number of rotatable bonds is 5. The SMILES string of the molecule is CC(N)Cc1c(Cl)cccc1OCc1ncccn1. The summed E-state index contributed by atoms with van der Waals surface area (Å²) in [7, 11) is 0. The minimum absolute atomic E-state index is 0.0234. The average molecular weight is 278 g/mol. The fraction of sp³-hybridized carbons (Fsp3) is 0.286. The summed E-state index contributed by atoms with van der Waals surface area (Å²) in [6, 6.07) is 7.37. The largest absolute Gasteiger partial charge is 0.485 e. The zero-order valence-electron chi connectivity index (χ0n) is 10.7. The highest BCUT2D eigenvalue weighted by molar-refractivity contribution is 6.31. The van der Waals surface area contributed by atoms with Gasteiger partial charge in [-0.05, 0) is 31.5 Å². The monoisotopic (exact) mass is 277 g/mol. The molecule has 5 heteroatoms. The van der Waals surface area contributed by atoms with E-state index in [-0.39, 0.29) is 6.04 Å². The van der Waals surface area contributed by atoms with Gasteiger partial charge in [0, 0.05) is 29.0 Å². The maximum Gasteiger partial charge on any atom is 0.166 e. The zero-order valence-corrected chi connectivity index (χ0v) is 11.5. The lowest BCUT2D eigenvalue weighted by molar-refractivity contribution is 0.292. The van der Waals surface area contributed by atoms with Crippen LogP contribution in [0, 0.1) is 0 Å². The molecule has 0 bridgehead atoms. The van der Waals surface area contributed by atoms with Crippen LogP contribution in [0.4, 0.5) is 0 Å². The molecule has 0 saturated heterocycles. The van der Waals surface area contributed by atoms with Crippen LogP contribution in [0.15, 0.2) is 36.7 Å². The first kappa shape index (κ1) is 13.8. The van der Waals surface area contributed by atoms with Gasteiger partial charge in [-0.3, -0.25) is 0 Å². The quantitative estimate of drug-likeness (QED) is 0.912. The molecule has 1 aromatic carbocycles. The molecule has 2 aromatic rings. The number of aromatic nitrogens is 2. The predicted molar refractivity (Wildman–Crippen MR) is 75.2 cm³/mol. The summed E-state index contributed by atoms with van der Waals surface area (Å²) in [6.07, 6.45) is 4.05. The van der Waals surface area contributed by atoms with E-state index in [2.05, 4.69) is 9.97 Å². The first-order valence-corrected chi connectivity index (χ1v) is 6.46. The minimum atomic E-state index is 0.0234. The standard InChI is InChI=1S/C14H16ClN3O/c1-10(16)8-11-12(15)4-2-5-13(11)19-9-14-17-6-3-7-18-14/h2-7,10H,8-9,16H2,1H3. The van der Waals surface area contributed by atoms with Crippen molar-refractivity contribution in [3.05, 3.63) is 53.1 Å². The number of ether oxygens (including phenoxy) is 1. The summed E-state index contributed by atoms with van der Waals surface area (Å²) in [6.45, 7) is 2.25. The minimum Gasteiger partial charge on any atom is -0.485 e. The Labute approximate surface area is 117 Å². The summed E-state index contributed by atoms with van der Waals surface area (Å²) in [5.74, 6) is 1.37. The zero-order chi connectivity index (χ0) is 13.7. The molecule has 19 heavy (non-hydrogen) atoms. The molecule has 0 aliphatic heterocycles. The van der Waals surface area contributed by atoms with Crippen LogP contribution in [0.25, 0.3) is 0 Å². The second-order valence-electron chi connectivity index (χ2n) is 4.35. The van der Waals surface area contributed by atoms with Gasteiger partial charge in [-0.25, -0.2) is 9.97 Å². The van der Waals surface area contributed by atoms with Crippen molar-refractivity contribution in [3.8, 4) is 5.75 Å². The first-order valence-electron chi connectivity index (χ1n) is 6.08. The van der Waals surface area contributed by atoms with Gasteiger partial charge in [0.05, 0.1) is 0 Å². The molecule has 0 aliphatic rings. The van der Waals surface area contributed by atoms with Crippen LogP contribution in [0.1, 0.15) is 18.3 Å². The molecular formula is C14H16ClN3O. The molecule has 0 saturated carbocycles.